The largest absolute Gasteiger partial charge is 0.383 e. The number of nitrogens with one attached hydrogen (secondary N) is 1. The fourth-order valence-electron chi connectivity index (χ4n) is 3.24. The van der Waals surface area contributed by atoms with Gasteiger partial charge in [-0.15, -0.1) is 0 Å². The van der Waals surface area contributed by atoms with Crippen LogP contribution < -0.4 is 5.32 Å². The normalized spacial score (nSPS) is 19.7. The molecule has 1 aromatic rings. The Morgan fingerprint density at radius 1 is 1.44 bits per heavy atom. The molecular weight excluding hydrogens is 322 g/mol. The molecule has 3 amide bonds. The Kier molecular flexibility index (Phi) is 5.57. The van der Waals surface area contributed by atoms with Crippen molar-refractivity contribution in [3.05, 3.63) is 12.3 Å². The van der Waals surface area contributed by atoms with E-state index in [1.54, 1.807) is 29.2 Å². The van der Waals surface area contributed by atoms with Crippen LogP contribution in [0.3, 0.4) is 0 Å². The van der Waals surface area contributed by atoms with Gasteiger partial charge in [-0.25, -0.2) is 9.48 Å². The van der Waals surface area contributed by atoms with Gasteiger partial charge in [-0.05, 0) is 32.1 Å². The molecule has 2 heterocycles. The smallest absolute Gasteiger partial charge is 0.323 e. The second kappa shape index (κ2) is 7.86. The molecular formula is C17H27N5O3. The summed E-state index contributed by atoms with van der Waals surface area (Å²) in [4.78, 5) is 28.3. The van der Waals surface area contributed by atoms with Crippen molar-refractivity contribution < 1.29 is 14.3 Å². The number of rotatable bonds is 6. The summed E-state index contributed by atoms with van der Waals surface area (Å²) in [5.74, 6) is 1.30. The topological polar surface area (TPSA) is 79.7 Å². The van der Waals surface area contributed by atoms with E-state index in [2.05, 4.69) is 17.3 Å². The fourth-order valence-corrected chi connectivity index (χ4v) is 3.24. The van der Waals surface area contributed by atoms with Crippen LogP contribution in [-0.4, -0.2) is 71.4 Å². The maximum absolute atomic E-state index is 12.6. The van der Waals surface area contributed by atoms with Crippen molar-refractivity contribution in [3.63, 3.8) is 0 Å². The minimum absolute atomic E-state index is 0.0374. The molecule has 1 aliphatic carbocycles. The van der Waals surface area contributed by atoms with Crippen molar-refractivity contribution in [2.75, 3.05) is 45.2 Å². The van der Waals surface area contributed by atoms with Crippen LogP contribution in [0.2, 0.25) is 0 Å². The summed E-state index contributed by atoms with van der Waals surface area (Å²) in [6, 6.07) is 1.84. The van der Waals surface area contributed by atoms with Crippen LogP contribution in [0.5, 0.6) is 0 Å². The standard InChI is InChI=1S/C17H27N5O3/c1-13(14-4-5-14)22-15(6-7-18-22)19-17(24)21-9-3-8-20(10-11-25-2)16(23)12-21/h6-7,13-14H,3-5,8-12H2,1-2H3,(H,19,24). The third-order valence-electron chi connectivity index (χ3n) is 4.98. The number of anilines is 1. The van der Waals surface area contributed by atoms with Crippen molar-refractivity contribution in [2.45, 2.75) is 32.2 Å². The average Bonchev–Trinajstić information content (AvgIpc) is 3.37. The number of aromatic nitrogens is 2. The molecule has 1 saturated carbocycles. The number of nitrogens with zero attached hydrogens (tertiary/aromatic N) is 4. The molecule has 1 aliphatic heterocycles. The van der Waals surface area contributed by atoms with E-state index in [1.165, 1.54) is 12.8 Å². The summed E-state index contributed by atoms with van der Waals surface area (Å²) < 4.78 is 6.92. The summed E-state index contributed by atoms with van der Waals surface area (Å²) in [6.07, 6.45) is 4.90. The highest BCUT2D eigenvalue weighted by Gasteiger charge is 2.31. The van der Waals surface area contributed by atoms with Gasteiger partial charge in [0, 0.05) is 32.8 Å². The van der Waals surface area contributed by atoms with Crippen LogP contribution in [0.1, 0.15) is 32.2 Å². The van der Waals surface area contributed by atoms with Gasteiger partial charge < -0.3 is 14.5 Å². The van der Waals surface area contributed by atoms with Gasteiger partial charge in [0.1, 0.15) is 12.4 Å². The maximum Gasteiger partial charge on any atom is 0.323 e. The molecule has 8 nitrogen and oxygen atoms in total. The highest BCUT2D eigenvalue weighted by Crippen LogP contribution is 2.40. The van der Waals surface area contributed by atoms with E-state index in [9.17, 15) is 9.59 Å². The van der Waals surface area contributed by atoms with Crippen LogP contribution in [0.4, 0.5) is 10.6 Å². The molecule has 0 bridgehead atoms. The van der Waals surface area contributed by atoms with E-state index in [0.29, 0.717) is 38.0 Å². The number of carbonyl (C=O) groups is 2. The highest BCUT2D eigenvalue weighted by molar-refractivity contribution is 5.92. The quantitative estimate of drug-likeness (QED) is 0.845. The molecule has 25 heavy (non-hydrogen) atoms. The van der Waals surface area contributed by atoms with E-state index < -0.39 is 0 Å². The van der Waals surface area contributed by atoms with E-state index in [1.807, 2.05) is 4.68 Å². The van der Waals surface area contributed by atoms with Gasteiger partial charge in [0.2, 0.25) is 5.91 Å². The van der Waals surface area contributed by atoms with Crippen molar-refractivity contribution >= 4 is 17.8 Å². The summed E-state index contributed by atoms with van der Waals surface area (Å²) in [5.41, 5.74) is 0. The zero-order valence-electron chi connectivity index (χ0n) is 15.0. The molecule has 1 saturated heterocycles. The van der Waals surface area contributed by atoms with Gasteiger partial charge >= 0.3 is 6.03 Å². The Morgan fingerprint density at radius 3 is 2.96 bits per heavy atom. The first-order chi connectivity index (χ1) is 12.1. The van der Waals surface area contributed by atoms with Crippen molar-refractivity contribution in [1.82, 2.24) is 19.6 Å². The lowest BCUT2D eigenvalue weighted by Gasteiger charge is -2.22. The van der Waals surface area contributed by atoms with Gasteiger partial charge in [-0.2, -0.15) is 5.10 Å². The molecule has 0 aromatic carbocycles. The number of urea groups is 1. The summed E-state index contributed by atoms with van der Waals surface area (Å²) in [5, 5.41) is 7.27. The van der Waals surface area contributed by atoms with E-state index >= 15 is 0 Å². The number of carbonyl (C=O) groups excluding carboxylic acids is 2. The Labute approximate surface area is 148 Å². The van der Waals surface area contributed by atoms with Gasteiger partial charge in [0.05, 0.1) is 18.8 Å². The number of methoxy groups -OCH3 is 1. The fraction of sp³-hybridized carbons (Fsp3) is 0.706. The first-order valence-electron chi connectivity index (χ1n) is 8.96. The molecule has 0 radical (unpaired) electrons. The molecule has 138 valence electrons. The SMILES string of the molecule is COCCN1CCCN(C(=O)Nc2ccnn2C(C)C2CC2)CC1=O. The number of ether oxygens (including phenoxy) is 1. The monoisotopic (exact) mass is 349 g/mol. The number of hydrogen-bond acceptors (Lipinski definition) is 4. The van der Waals surface area contributed by atoms with Crippen molar-refractivity contribution in [2.24, 2.45) is 5.92 Å². The second-order valence-corrected chi connectivity index (χ2v) is 6.82. The molecule has 0 spiro atoms. The van der Waals surface area contributed by atoms with Gasteiger partial charge in [-0.3, -0.25) is 10.1 Å². The first kappa shape index (κ1) is 17.7. The second-order valence-electron chi connectivity index (χ2n) is 6.82. The number of hydrogen-bond donors (Lipinski definition) is 1. The lowest BCUT2D eigenvalue weighted by Crippen LogP contribution is -2.42. The summed E-state index contributed by atoms with van der Waals surface area (Å²) >= 11 is 0. The predicted molar refractivity (Wildman–Crippen MR) is 93.3 cm³/mol. The maximum atomic E-state index is 12.6. The summed E-state index contributed by atoms with van der Waals surface area (Å²) in [6.45, 7) is 4.52. The molecule has 1 aromatic heterocycles. The lowest BCUT2D eigenvalue weighted by atomic mass is 10.2. The molecule has 2 aliphatic rings. The molecule has 1 N–H and O–H groups in total. The first-order valence-corrected chi connectivity index (χ1v) is 8.96. The van der Waals surface area contributed by atoms with E-state index in [-0.39, 0.29) is 24.5 Å². The third kappa shape index (κ3) is 4.31. The van der Waals surface area contributed by atoms with Crippen LogP contribution in [0.25, 0.3) is 0 Å². The van der Waals surface area contributed by atoms with E-state index in [0.717, 1.165) is 6.42 Å². The van der Waals surface area contributed by atoms with E-state index in [4.69, 9.17) is 4.74 Å². The van der Waals surface area contributed by atoms with Crippen LogP contribution in [0.15, 0.2) is 12.3 Å². The molecule has 8 heteroatoms. The molecule has 1 atom stereocenters. The third-order valence-corrected chi connectivity index (χ3v) is 4.98. The van der Waals surface area contributed by atoms with Gasteiger partial charge in [0.25, 0.3) is 0 Å². The Hall–Kier alpha value is -2.09. The zero-order chi connectivity index (χ0) is 17.8. The van der Waals surface area contributed by atoms with Gasteiger partial charge in [-0.1, -0.05) is 0 Å². The van der Waals surface area contributed by atoms with Crippen LogP contribution >= 0.6 is 0 Å². The Bertz CT molecular complexity index is 613. The molecule has 1 unspecified atom stereocenters. The average molecular weight is 349 g/mol. The van der Waals surface area contributed by atoms with Crippen LogP contribution in [-0.2, 0) is 9.53 Å². The van der Waals surface area contributed by atoms with Gasteiger partial charge in [0.15, 0.2) is 0 Å². The Morgan fingerprint density at radius 2 is 2.24 bits per heavy atom. The zero-order valence-corrected chi connectivity index (χ0v) is 15.0. The lowest BCUT2D eigenvalue weighted by molar-refractivity contribution is -0.131. The minimum Gasteiger partial charge on any atom is -0.383 e. The predicted octanol–water partition coefficient (Wildman–Crippen LogP) is 1.57. The van der Waals surface area contributed by atoms with Crippen molar-refractivity contribution in [3.8, 4) is 0 Å². The molecule has 2 fully saturated rings. The minimum atomic E-state index is -0.244. The Balaban J connectivity index is 1.60. The van der Waals surface area contributed by atoms with Crippen LogP contribution in [0, 0.1) is 5.92 Å². The molecule has 3 rings (SSSR count). The number of amides is 3. The van der Waals surface area contributed by atoms with Crippen molar-refractivity contribution in [1.29, 1.82) is 0 Å². The summed E-state index contributed by atoms with van der Waals surface area (Å²) in [7, 11) is 1.62. The highest BCUT2D eigenvalue weighted by atomic mass is 16.5.